The standard InChI is InChI=1S/C10H16N2O3/c1-6-10(14)12(5-9(13)11-6)8-3-4-15-7(8)2/h6-8H,3-5H2,1-2H3,(H,11,13). The van der Waals surface area contributed by atoms with Crippen molar-refractivity contribution < 1.29 is 14.3 Å². The van der Waals surface area contributed by atoms with Crippen LogP contribution in [0.5, 0.6) is 0 Å². The average Bonchev–Trinajstić information content (AvgIpc) is 2.58. The van der Waals surface area contributed by atoms with Crippen LogP contribution in [-0.4, -0.2) is 48.1 Å². The van der Waals surface area contributed by atoms with Gasteiger partial charge in [-0.2, -0.15) is 0 Å². The summed E-state index contributed by atoms with van der Waals surface area (Å²) < 4.78 is 5.41. The molecule has 3 unspecified atom stereocenters. The maximum atomic E-state index is 11.9. The highest BCUT2D eigenvalue weighted by molar-refractivity contribution is 5.94. The van der Waals surface area contributed by atoms with Crippen LogP contribution in [0.2, 0.25) is 0 Å². The molecule has 2 aliphatic rings. The molecule has 2 rings (SSSR count). The van der Waals surface area contributed by atoms with E-state index in [4.69, 9.17) is 4.74 Å². The highest BCUT2D eigenvalue weighted by atomic mass is 16.5. The fourth-order valence-electron chi connectivity index (χ4n) is 2.24. The van der Waals surface area contributed by atoms with Crippen LogP contribution in [0.3, 0.4) is 0 Å². The lowest BCUT2D eigenvalue weighted by Gasteiger charge is -2.36. The van der Waals surface area contributed by atoms with Gasteiger partial charge in [0.1, 0.15) is 12.6 Å². The third-order valence-corrected chi connectivity index (χ3v) is 3.08. The molecule has 0 aromatic rings. The highest BCUT2D eigenvalue weighted by Gasteiger charge is 2.38. The first-order chi connectivity index (χ1) is 7.09. The minimum atomic E-state index is -0.404. The molecule has 2 saturated heterocycles. The molecule has 0 bridgehead atoms. The second-order valence-electron chi connectivity index (χ2n) is 4.19. The summed E-state index contributed by atoms with van der Waals surface area (Å²) in [6.07, 6.45) is 0.861. The van der Waals surface area contributed by atoms with Gasteiger partial charge in [0.15, 0.2) is 0 Å². The number of hydrogen-bond donors (Lipinski definition) is 1. The SMILES string of the molecule is CC1NC(=O)CN(C2CCOC2C)C1=O. The number of nitrogens with one attached hydrogen (secondary N) is 1. The quantitative estimate of drug-likeness (QED) is 0.638. The van der Waals surface area contributed by atoms with Crippen LogP contribution in [-0.2, 0) is 14.3 Å². The molecule has 84 valence electrons. The van der Waals surface area contributed by atoms with E-state index < -0.39 is 6.04 Å². The summed E-state index contributed by atoms with van der Waals surface area (Å²) in [6.45, 7) is 4.50. The second kappa shape index (κ2) is 3.81. The van der Waals surface area contributed by atoms with Gasteiger partial charge in [-0.15, -0.1) is 0 Å². The van der Waals surface area contributed by atoms with Crippen LogP contribution in [0.25, 0.3) is 0 Å². The van der Waals surface area contributed by atoms with Gasteiger partial charge in [-0.3, -0.25) is 9.59 Å². The van der Waals surface area contributed by atoms with E-state index >= 15 is 0 Å². The fraction of sp³-hybridized carbons (Fsp3) is 0.800. The number of rotatable bonds is 1. The Labute approximate surface area is 88.8 Å². The van der Waals surface area contributed by atoms with E-state index in [9.17, 15) is 9.59 Å². The summed E-state index contributed by atoms with van der Waals surface area (Å²) in [4.78, 5) is 24.9. The molecule has 5 heteroatoms. The maximum absolute atomic E-state index is 11.9. The van der Waals surface area contributed by atoms with Gasteiger partial charge >= 0.3 is 0 Å². The van der Waals surface area contributed by atoms with Crippen LogP contribution in [0, 0.1) is 0 Å². The van der Waals surface area contributed by atoms with Crippen LogP contribution in [0.4, 0.5) is 0 Å². The summed E-state index contributed by atoms with van der Waals surface area (Å²) >= 11 is 0. The summed E-state index contributed by atoms with van der Waals surface area (Å²) in [7, 11) is 0. The molecule has 0 radical (unpaired) electrons. The summed E-state index contributed by atoms with van der Waals surface area (Å²) in [6, 6.07) is -0.343. The molecule has 0 spiro atoms. The first-order valence-corrected chi connectivity index (χ1v) is 5.31. The highest BCUT2D eigenvalue weighted by Crippen LogP contribution is 2.21. The molecule has 0 aromatic carbocycles. The Morgan fingerprint density at radius 1 is 1.40 bits per heavy atom. The van der Waals surface area contributed by atoms with Gasteiger partial charge in [-0.25, -0.2) is 0 Å². The van der Waals surface area contributed by atoms with Crippen LogP contribution < -0.4 is 5.32 Å². The molecule has 1 N–H and O–H groups in total. The van der Waals surface area contributed by atoms with Crippen molar-refractivity contribution in [2.45, 2.75) is 38.5 Å². The van der Waals surface area contributed by atoms with Gasteiger partial charge < -0.3 is 15.0 Å². The van der Waals surface area contributed by atoms with Gasteiger partial charge in [0.25, 0.3) is 0 Å². The van der Waals surface area contributed by atoms with E-state index in [1.165, 1.54) is 0 Å². The van der Waals surface area contributed by atoms with E-state index in [1.54, 1.807) is 11.8 Å². The molecule has 15 heavy (non-hydrogen) atoms. The lowest BCUT2D eigenvalue weighted by Crippen LogP contribution is -2.60. The Balaban J connectivity index is 2.12. The van der Waals surface area contributed by atoms with Gasteiger partial charge in [0, 0.05) is 6.61 Å². The predicted molar refractivity (Wildman–Crippen MR) is 53.1 cm³/mol. The molecule has 5 nitrogen and oxygen atoms in total. The number of carbonyl (C=O) groups excluding carboxylic acids is 2. The van der Waals surface area contributed by atoms with Crippen molar-refractivity contribution in [3.63, 3.8) is 0 Å². The van der Waals surface area contributed by atoms with E-state index in [0.717, 1.165) is 6.42 Å². The van der Waals surface area contributed by atoms with E-state index in [1.807, 2.05) is 6.92 Å². The molecule has 0 aliphatic carbocycles. The van der Waals surface area contributed by atoms with E-state index in [2.05, 4.69) is 5.32 Å². The van der Waals surface area contributed by atoms with Gasteiger partial charge in [0.2, 0.25) is 11.8 Å². The normalized spacial score (nSPS) is 36.9. The molecule has 2 fully saturated rings. The Hall–Kier alpha value is -1.10. The summed E-state index contributed by atoms with van der Waals surface area (Å²) in [5, 5.41) is 2.63. The lowest BCUT2D eigenvalue weighted by molar-refractivity contribution is -0.147. The Bertz CT molecular complexity index is 292. The molecule has 2 heterocycles. The van der Waals surface area contributed by atoms with Crippen molar-refractivity contribution in [3.8, 4) is 0 Å². The zero-order chi connectivity index (χ0) is 11.0. The van der Waals surface area contributed by atoms with Crippen molar-refractivity contribution in [1.29, 1.82) is 0 Å². The third kappa shape index (κ3) is 1.84. The number of ether oxygens (including phenoxy) is 1. The lowest BCUT2D eigenvalue weighted by atomic mass is 10.1. The number of amides is 2. The zero-order valence-corrected chi connectivity index (χ0v) is 9.03. The fourth-order valence-corrected chi connectivity index (χ4v) is 2.24. The number of hydrogen-bond acceptors (Lipinski definition) is 3. The zero-order valence-electron chi connectivity index (χ0n) is 9.03. The van der Waals surface area contributed by atoms with E-state index in [-0.39, 0.29) is 30.5 Å². The summed E-state index contributed by atoms with van der Waals surface area (Å²) in [5.41, 5.74) is 0. The van der Waals surface area contributed by atoms with Crippen molar-refractivity contribution in [2.24, 2.45) is 0 Å². The molecule has 0 aromatic heterocycles. The monoisotopic (exact) mass is 212 g/mol. The molecular formula is C10H16N2O3. The first-order valence-electron chi connectivity index (χ1n) is 5.31. The molecular weight excluding hydrogens is 196 g/mol. The van der Waals surface area contributed by atoms with E-state index in [0.29, 0.717) is 6.61 Å². The number of carbonyl (C=O) groups is 2. The number of nitrogens with zero attached hydrogens (tertiary/aromatic N) is 1. The topological polar surface area (TPSA) is 58.6 Å². The van der Waals surface area contributed by atoms with Crippen molar-refractivity contribution >= 4 is 11.8 Å². The largest absolute Gasteiger partial charge is 0.376 e. The smallest absolute Gasteiger partial charge is 0.245 e. The average molecular weight is 212 g/mol. The third-order valence-electron chi connectivity index (χ3n) is 3.08. The van der Waals surface area contributed by atoms with Crippen molar-refractivity contribution in [3.05, 3.63) is 0 Å². The minimum Gasteiger partial charge on any atom is -0.376 e. The maximum Gasteiger partial charge on any atom is 0.245 e. The molecule has 0 saturated carbocycles. The van der Waals surface area contributed by atoms with Crippen LogP contribution in [0.1, 0.15) is 20.3 Å². The summed E-state index contributed by atoms with van der Waals surface area (Å²) in [5.74, 6) is -0.0850. The van der Waals surface area contributed by atoms with Gasteiger partial charge in [-0.05, 0) is 20.3 Å². The first kappa shape index (κ1) is 10.4. The molecule has 2 amide bonds. The Kier molecular flexibility index (Phi) is 2.65. The molecule has 3 atom stereocenters. The van der Waals surface area contributed by atoms with Crippen LogP contribution >= 0.6 is 0 Å². The Morgan fingerprint density at radius 3 is 2.73 bits per heavy atom. The predicted octanol–water partition coefficient (Wildman–Crippen LogP) is -0.489. The Morgan fingerprint density at radius 2 is 2.13 bits per heavy atom. The molecule has 2 aliphatic heterocycles. The minimum absolute atomic E-state index is 0.00282. The number of piperazine rings is 1. The van der Waals surface area contributed by atoms with Gasteiger partial charge in [0.05, 0.1) is 12.1 Å². The van der Waals surface area contributed by atoms with Crippen molar-refractivity contribution in [2.75, 3.05) is 13.2 Å². The second-order valence-corrected chi connectivity index (χ2v) is 4.19. The van der Waals surface area contributed by atoms with Gasteiger partial charge in [-0.1, -0.05) is 0 Å². The van der Waals surface area contributed by atoms with Crippen molar-refractivity contribution in [1.82, 2.24) is 10.2 Å². The van der Waals surface area contributed by atoms with Crippen LogP contribution in [0.15, 0.2) is 0 Å².